The lowest BCUT2D eigenvalue weighted by molar-refractivity contribution is 0.0698. The number of rotatable bonds is 5. The molecule has 3 heteroatoms. The first-order valence-electron chi connectivity index (χ1n) is 6.75. The summed E-state index contributed by atoms with van der Waals surface area (Å²) in [5, 5.41) is 12.5. The fourth-order valence-corrected chi connectivity index (χ4v) is 2.78. The van der Waals surface area contributed by atoms with Crippen molar-refractivity contribution in [3.63, 3.8) is 0 Å². The van der Waals surface area contributed by atoms with Gasteiger partial charge in [0.25, 0.3) is 0 Å². The smallest absolute Gasteiger partial charge is 0.337 e. The molecule has 0 atom stereocenters. The molecule has 1 fully saturated rings. The summed E-state index contributed by atoms with van der Waals surface area (Å²) in [4.78, 5) is 11.2. The van der Waals surface area contributed by atoms with E-state index in [4.69, 9.17) is 5.11 Å². The zero-order chi connectivity index (χ0) is 13.0. The summed E-state index contributed by atoms with van der Waals surface area (Å²) < 4.78 is 0. The Hall–Kier alpha value is -1.51. The van der Waals surface area contributed by atoms with Crippen LogP contribution in [0.1, 0.15) is 48.0 Å². The number of benzene rings is 1. The molecule has 0 radical (unpaired) electrons. The third-order valence-corrected chi connectivity index (χ3v) is 3.83. The van der Waals surface area contributed by atoms with Crippen molar-refractivity contribution in [2.24, 2.45) is 5.92 Å². The van der Waals surface area contributed by atoms with Crippen molar-refractivity contribution in [1.82, 2.24) is 0 Å². The third-order valence-electron chi connectivity index (χ3n) is 3.83. The summed E-state index contributed by atoms with van der Waals surface area (Å²) in [5.74, 6) is -0.0307. The lowest BCUT2D eigenvalue weighted by Crippen LogP contribution is -2.11. The summed E-state index contributed by atoms with van der Waals surface area (Å²) in [6.07, 6.45) is 6.53. The van der Waals surface area contributed by atoms with Crippen LogP contribution >= 0.6 is 0 Å². The highest BCUT2D eigenvalue weighted by Crippen LogP contribution is 2.28. The van der Waals surface area contributed by atoms with E-state index in [0.29, 0.717) is 5.56 Å². The number of hydrogen-bond donors (Lipinski definition) is 2. The van der Waals surface area contributed by atoms with Gasteiger partial charge < -0.3 is 10.4 Å². The standard InChI is InChI=1S/C15H21NO2/c1-11-5-4-8-13(15(17)18)14(11)16-10-9-12-6-2-3-7-12/h4-5,8,12,16H,2-3,6-7,9-10H2,1H3,(H,17,18). The fourth-order valence-electron chi connectivity index (χ4n) is 2.78. The lowest BCUT2D eigenvalue weighted by Gasteiger charge is -2.14. The Kier molecular flexibility index (Phi) is 4.24. The van der Waals surface area contributed by atoms with Crippen molar-refractivity contribution in [3.05, 3.63) is 29.3 Å². The maximum Gasteiger partial charge on any atom is 0.337 e. The molecular formula is C15H21NO2. The van der Waals surface area contributed by atoms with E-state index < -0.39 is 5.97 Å². The zero-order valence-corrected chi connectivity index (χ0v) is 10.9. The van der Waals surface area contributed by atoms with E-state index in [1.807, 2.05) is 13.0 Å². The fraction of sp³-hybridized carbons (Fsp3) is 0.533. The number of aryl methyl sites for hydroxylation is 1. The number of aromatic carboxylic acids is 1. The van der Waals surface area contributed by atoms with Crippen LogP contribution in [0.4, 0.5) is 5.69 Å². The minimum atomic E-state index is -0.859. The number of carbonyl (C=O) groups is 1. The molecule has 2 N–H and O–H groups in total. The first-order chi connectivity index (χ1) is 8.68. The summed E-state index contributed by atoms with van der Waals surface area (Å²) in [5.41, 5.74) is 2.16. The van der Waals surface area contributed by atoms with Gasteiger partial charge in [-0.05, 0) is 30.9 Å². The van der Waals surface area contributed by atoms with Gasteiger partial charge in [0.15, 0.2) is 0 Å². The SMILES string of the molecule is Cc1cccc(C(=O)O)c1NCCC1CCCC1. The second kappa shape index (κ2) is 5.89. The number of carboxylic acids is 1. The molecule has 1 aromatic rings. The highest BCUT2D eigenvalue weighted by atomic mass is 16.4. The molecule has 0 spiro atoms. The van der Waals surface area contributed by atoms with Gasteiger partial charge in [-0.2, -0.15) is 0 Å². The molecular weight excluding hydrogens is 226 g/mol. The van der Waals surface area contributed by atoms with Gasteiger partial charge in [0.05, 0.1) is 11.3 Å². The van der Waals surface area contributed by atoms with Gasteiger partial charge in [-0.1, -0.05) is 37.8 Å². The molecule has 1 aliphatic rings. The Labute approximate surface area is 108 Å². The van der Waals surface area contributed by atoms with Gasteiger partial charge in [0, 0.05) is 6.54 Å². The minimum Gasteiger partial charge on any atom is -0.478 e. The molecule has 2 rings (SSSR count). The second-order valence-corrected chi connectivity index (χ2v) is 5.17. The Morgan fingerprint density at radius 2 is 2.11 bits per heavy atom. The minimum absolute atomic E-state index is 0.376. The predicted molar refractivity (Wildman–Crippen MR) is 73.2 cm³/mol. The maximum absolute atomic E-state index is 11.2. The highest BCUT2D eigenvalue weighted by Gasteiger charge is 2.15. The number of nitrogens with one attached hydrogen (secondary N) is 1. The van der Waals surface area contributed by atoms with E-state index in [2.05, 4.69) is 5.32 Å². The molecule has 0 amide bonds. The normalized spacial score (nSPS) is 15.8. The van der Waals surface area contributed by atoms with E-state index in [-0.39, 0.29) is 0 Å². The molecule has 98 valence electrons. The number of anilines is 1. The van der Waals surface area contributed by atoms with Crippen molar-refractivity contribution in [1.29, 1.82) is 0 Å². The van der Waals surface area contributed by atoms with E-state index in [9.17, 15) is 4.79 Å². The first kappa shape index (κ1) is 12.9. The Morgan fingerprint density at radius 3 is 2.78 bits per heavy atom. The van der Waals surface area contributed by atoms with Gasteiger partial charge >= 0.3 is 5.97 Å². The molecule has 0 bridgehead atoms. The monoisotopic (exact) mass is 247 g/mol. The van der Waals surface area contributed by atoms with Crippen LogP contribution in [0.25, 0.3) is 0 Å². The molecule has 0 aromatic heterocycles. The van der Waals surface area contributed by atoms with Gasteiger partial charge in [0.2, 0.25) is 0 Å². The summed E-state index contributed by atoms with van der Waals surface area (Å²) in [6, 6.07) is 5.40. The van der Waals surface area contributed by atoms with Crippen molar-refractivity contribution in [3.8, 4) is 0 Å². The molecule has 0 heterocycles. The topological polar surface area (TPSA) is 49.3 Å². The Balaban J connectivity index is 1.97. The quantitative estimate of drug-likeness (QED) is 0.834. The molecule has 3 nitrogen and oxygen atoms in total. The summed E-state index contributed by atoms with van der Waals surface area (Å²) in [6.45, 7) is 2.82. The summed E-state index contributed by atoms with van der Waals surface area (Å²) >= 11 is 0. The molecule has 0 aliphatic heterocycles. The summed E-state index contributed by atoms with van der Waals surface area (Å²) in [7, 11) is 0. The average Bonchev–Trinajstić information content (AvgIpc) is 2.84. The molecule has 1 aromatic carbocycles. The molecule has 0 saturated heterocycles. The van der Waals surface area contributed by atoms with Crippen LogP contribution in [-0.4, -0.2) is 17.6 Å². The number of carboxylic acid groups (broad SMARTS) is 1. The van der Waals surface area contributed by atoms with E-state index >= 15 is 0 Å². The number of para-hydroxylation sites is 1. The van der Waals surface area contributed by atoms with Crippen LogP contribution in [-0.2, 0) is 0 Å². The molecule has 1 saturated carbocycles. The van der Waals surface area contributed by atoms with Gasteiger partial charge in [-0.3, -0.25) is 0 Å². The van der Waals surface area contributed by atoms with Crippen LogP contribution in [0, 0.1) is 12.8 Å². The van der Waals surface area contributed by atoms with E-state index in [1.54, 1.807) is 12.1 Å². The van der Waals surface area contributed by atoms with Gasteiger partial charge in [-0.15, -0.1) is 0 Å². The first-order valence-corrected chi connectivity index (χ1v) is 6.75. The maximum atomic E-state index is 11.2. The van der Waals surface area contributed by atoms with Crippen molar-refractivity contribution in [2.45, 2.75) is 39.0 Å². The van der Waals surface area contributed by atoms with Gasteiger partial charge in [0.1, 0.15) is 0 Å². The average molecular weight is 247 g/mol. The van der Waals surface area contributed by atoms with Crippen molar-refractivity contribution >= 4 is 11.7 Å². The van der Waals surface area contributed by atoms with Crippen LogP contribution in [0.5, 0.6) is 0 Å². The molecule has 18 heavy (non-hydrogen) atoms. The second-order valence-electron chi connectivity index (χ2n) is 5.17. The zero-order valence-electron chi connectivity index (χ0n) is 10.9. The number of hydrogen-bond acceptors (Lipinski definition) is 2. The Morgan fingerprint density at radius 1 is 1.39 bits per heavy atom. The van der Waals surface area contributed by atoms with Crippen molar-refractivity contribution < 1.29 is 9.90 Å². The molecule has 1 aliphatic carbocycles. The van der Waals surface area contributed by atoms with E-state index in [0.717, 1.165) is 30.1 Å². The third kappa shape index (κ3) is 3.03. The van der Waals surface area contributed by atoms with E-state index in [1.165, 1.54) is 25.7 Å². The van der Waals surface area contributed by atoms with Crippen LogP contribution in [0.3, 0.4) is 0 Å². The van der Waals surface area contributed by atoms with Crippen LogP contribution in [0.2, 0.25) is 0 Å². The van der Waals surface area contributed by atoms with Crippen LogP contribution < -0.4 is 5.32 Å². The largest absolute Gasteiger partial charge is 0.478 e. The van der Waals surface area contributed by atoms with Crippen LogP contribution in [0.15, 0.2) is 18.2 Å². The Bertz CT molecular complexity index is 423. The lowest BCUT2D eigenvalue weighted by atomic mass is 10.0. The molecule has 0 unspecified atom stereocenters. The van der Waals surface area contributed by atoms with Gasteiger partial charge in [-0.25, -0.2) is 4.79 Å². The highest BCUT2D eigenvalue weighted by molar-refractivity contribution is 5.95. The predicted octanol–water partition coefficient (Wildman–Crippen LogP) is 3.69. The van der Waals surface area contributed by atoms with Crippen molar-refractivity contribution in [2.75, 3.05) is 11.9 Å².